The minimum Gasteiger partial charge on any atom is -0.289 e. The summed E-state index contributed by atoms with van der Waals surface area (Å²) in [5.74, 6) is -0.0465. The van der Waals surface area contributed by atoms with E-state index in [4.69, 9.17) is 0 Å². The smallest absolute Gasteiger partial charge is 0.185 e. The zero-order chi connectivity index (χ0) is 16.5. The Kier molecular flexibility index (Phi) is 16.5. The van der Waals surface area contributed by atoms with Gasteiger partial charge in [0.15, 0.2) is 5.78 Å². The molecule has 0 saturated heterocycles. The number of carbonyl (C=O) groups excluding carboxylic acids is 1. The first-order valence-corrected chi connectivity index (χ1v) is 7.73. The lowest BCUT2D eigenvalue weighted by Gasteiger charge is -2.00. The highest BCUT2D eigenvalue weighted by molar-refractivity contribution is 6.06. The van der Waals surface area contributed by atoms with E-state index in [0.717, 1.165) is 18.4 Å². The molecule has 0 heterocycles. The molecule has 0 fully saturated rings. The van der Waals surface area contributed by atoms with Crippen molar-refractivity contribution in [3.05, 3.63) is 72.9 Å². The van der Waals surface area contributed by atoms with Crippen molar-refractivity contribution in [3.8, 4) is 0 Å². The molecule has 0 amide bonds. The fraction of sp³-hybridized carbons (Fsp3) is 0.350. The number of hydrogen-bond donors (Lipinski definition) is 0. The van der Waals surface area contributed by atoms with Crippen LogP contribution in [0.2, 0.25) is 0 Å². The number of hydrogen-bond acceptors (Lipinski definition) is 1. The molecule has 0 aromatic heterocycles. The third-order valence-electron chi connectivity index (χ3n) is 2.25. The van der Waals surface area contributed by atoms with E-state index in [2.05, 4.69) is 39.2 Å². The molecule has 0 spiro atoms. The molecule has 0 saturated carbocycles. The van der Waals surface area contributed by atoms with Crippen molar-refractivity contribution in [1.82, 2.24) is 0 Å². The Morgan fingerprint density at radius 2 is 1.86 bits per heavy atom. The van der Waals surface area contributed by atoms with E-state index in [9.17, 15) is 4.79 Å². The molecule has 0 N–H and O–H groups in total. The van der Waals surface area contributed by atoms with E-state index in [0.29, 0.717) is 5.57 Å². The second kappa shape index (κ2) is 16.2. The largest absolute Gasteiger partial charge is 0.289 e. The SMILES string of the molecule is C=C/C=C(\C=C)C(=O)/C=C/C1=CCCC=C1.CC.CCC. The summed E-state index contributed by atoms with van der Waals surface area (Å²) in [4.78, 5) is 11.7. The maximum absolute atomic E-state index is 11.7. The molecule has 1 aliphatic carbocycles. The van der Waals surface area contributed by atoms with E-state index >= 15 is 0 Å². The minimum absolute atomic E-state index is 0.0465. The van der Waals surface area contributed by atoms with Crippen molar-refractivity contribution in [1.29, 1.82) is 0 Å². The summed E-state index contributed by atoms with van der Waals surface area (Å²) in [6.07, 6.45) is 17.8. The van der Waals surface area contributed by atoms with Gasteiger partial charge in [-0.3, -0.25) is 4.79 Å². The van der Waals surface area contributed by atoms with Crippen LogP contribution < -0.4 is 0 Å². The third kappa shape index (κ3) is 11.6. The van der Waals surface area contributed by atoms with Crippen LogP contribution >= 0.6 is 0 Å². The van der Waals surface area contributed by atoms with Gasteiger partial charge >= 0.3 is 0 Å². The standard InChI is InChI=1S/C15H16O.C3H8.C2H6/c1-3-8-14(4-2)15(16)12-11-13-9-6-5-7-10-13;1-3-2;1-2/h3-4,6,8-12H,1-2,5,7H2;3H2,1-2H3;1-2H3/b12-11+,14-8+;;. The van der Waals surface area contributed by atoms with Crippen LogP contribution in [0.5, 0.6) is 0 Å². The molecule has 0 atom stereocenters. The Labute approximate surface area is 131 Å². The molecule has 1 rings (SSSR count). The molecular weight excluding hydrogens is 256 g/mol. The summed E-state index contributed by atoms with van der Waals surface area (Å²) < 4.78 is 0. The zero-order valence-corrected chi connectivity index (χ0v) is 14.1. The molecule has 0 aliphatic heterocycles. The van der Waals surface area contributed by atoms with Crippen LogP contribution in [0.4, 0.5) is 0 Å². The first-order chi connectivity index (χ1) is 10.2. The average molecular weight is 286 g/mol. The Hall–Kier alpha value is -1.89. The molecule has 21 heavy (non-hydrogen) atoms. The first kappa shape index (κ1) is 21.4. The summed E-state index contributed by atoms with van der Waals surface area (Å²) in [5.41, 5.74) is 1.65. The van der Waals surface area contributed by atoms with Gasteiger partial charge in [-0.1, -0.05) is 89.8 Å². The lowest BCUT2D eigenvalue weighted by molar-refractivity contribution is -0.111. The van der Waals surface area contributed by atoms with Gasteiger partial charge in [-0.25, -0.2) is 0 Å². The summed E-state index contributed by atoms with van der Waals surface area (Å²) >= 11 is 0. The lowest BCUT2D eigenvalue weighted by Crippen LogP contribution is -1.95. The van der Waals surface area contributed by atoms with Crippen LogP contribution in [0, 0.1) is 0 Å². The highest BCUT2D eigenvalue weighted by Crippen LogP contribution is 2.11. The highest BCUT2D eigenvalue weighted by Gasteiger charge is 2.00. The van der Waals surface area contributed by atoms with Gasteiger partial charge < -0.3 is 0 Å². The maximum Gasteiger partial charge on any atom is 0.185 e. The van der Waals surface area contributed by atoms with Crippen molar-refractivity contribution >= 4 is 5.78 Å². The zero-order valence-electron chi connectivity index (χ0n) is 14.1. The van der Waals surface area contributed by atoms with Crippen LogP contribution in [-0.4, -0.2) is 5.78 Å². The third-order valence-corrected chi connectivity index (χ3v) is 2.25. The van der Waals surface area contributed by atoms with Gasteiger partial charge in [0.25, 0.3) is 0 Å². The predicted molar refractivity (Wildman–Crippen MR) is 96.4 cm³/mol. The van der Waals surface area contributed by atoms with Crippen LogP contribution in [0.25, 0.3) is 0 Å². The molecule has 116 valence electrons. The fourth-order valence-electron chi connectivity index (χ4n) is 1.40. The van der Waals surface area contributed by atoms with E-state index < -0.39 is 0 Å². The first-order valence-electron chi connectivity index (χ1n) is 7.73. The van der Waals surface area contributed by atoms with E-state index in [1.807, 2.05) is 26.0 Å². The molecule has 1 aliphatic rings. The van der Waals surface area contributed by atoms with Crippen LogP contribution in [0.1, 0.15) is 47.0 Å². The van der Waals surface area contributed by atoms with Gasteiger partial charge in [0.1, 0.15) is 0 Å². The summed E-state index contributed by atoms with van der Waals surface area (Å²) in [6.45, 7) is 15.4. The van der Waals surface area contributed by atoms with Crippen molar-refractivity contribution in [3.63, 3.8) is 0 Å². The maximum atomic E-state index is 11.7. The normalized spacial score (nSPS) is 13.3. The lowest BCUT2D eigenvalue weighted by atomic mass is 10.0. The second-order valence-electron chi connectivity index (χ2n) is 4.15. The quantitative estimate of drug-likeness (QED) is 0.439. The molecule has 0 aromatic carbocycles. The van der Waals surface area contributed by atoms with Crippen LogP contribution in [-0.2, 0) is 4.79 Å². The molecule has 0 radical (unpaired) electrons. The monoisotopic (exact) mass is 286 g/mol. The predicted octanol–water partition coefficient (Wildman–Crippen LogP) is 6.13. The van der Waals surface area contributed by atoms with Crippen LogP contribution in [0.3, 0.4) is 0 Å². The summed E-state index contributed by atoms with van der Waals surface area (Å²) in [5, 5.41) is 0. The topological polar surface area (TPSA) is 17.1 Å². The van der Waals surface area contributed by atoms with Crippen molar-refractivity contribution < 1.29 is 4.79 Å². The Bertz CT molecular complexity index is 417. The summed E-state index contributed by atoms with van der Waals surface area (Å²) in [6, 6.07) is 0. The average Bonchev–Trinajstić information content (AvgIpc) is 2.54. The van der Waals surface area contributed by atoms with E-state index in [1.54, 1.807) is 24.3 Å². The van der Waals surface area contributed by atoms with Crippen molar-refractivity contribution in [2.24, 2.45) is 0 Å². The van der Waals surface area contributed by atoms with Gasteiger partial charge in [0, 0.05) is 5.57 Å². The molecule has 0 unspecified atom stereocenters. The van der Waals surface area contributed by atoms with Gasteiger partial charge in [0.05, 0.1) is 0 Å². The number of allylic oxidation sites excluding steroid dienone is 10. The number of rotatable bonds is 5. The van der Waals surface area contributed by atoms with Crippen molar-refractivity contribution in [2.45, 2.75) is 47.0 Å². The fourth-order valence-corrected chi connectivity index (χ4v) is 1.40. The molecular formula is C20H30O. The molecule has 0 aromatic rings. The van der Waals surface area contributed by atoms with Gasteiger partial charge in [-0.2, -0.15) is 0 Å². The Morgan fingerprint density at radius 3 is 2.29 bits per heavy atom. The van der Waals surface area contributed by atoms with E-state index in [1.165, 1.54) is 6.42 Å². The Balaban J connectivity index is 0. The van der Waals surface area contributed by atoms with Gasteiger partial charge in [-0.05, 0) is 24.5 Å². The van der Waals surface area contributed by atoms with Gasteiger partial charge in [0.2, 0.25) is 0 Å². The van der Waals surface area contributed by atoms with Crippen LogP contribution in [0.15, 0.2) is 72.9 Å². The van der Waals surface area contributed by atoms with Gasteiger partial charge in [-0.15, -0.1) is 0 Å². The molecule has 1 nitrogen and oxygen atoms in total. The summed E-state index contributed by atoms with van der Waals surface area (Å²) in [7, 11) is 0. The highest BCUT2D eigenvalue weighted by atomic mass is 16.1. The second-order valence-corrected chi connectivity index (χ2v) is 4.15. The van der Waals surface area contributed by atoms with E-state index in [-0.39, 0.29) is 5.78 Å². The molecule has 0 bridgehead atoms. The number of ketones is 1. The minimum atomic E-state index is -0.0465. The van der Waals surface area contributed by atoms with Crippen molar-refractivity contribution in [2.75, 3.05) is 0 Å². The Morgan fingerprint density at radius 1 is 1.24 bits per heavy atom. The number of carbonyl (C=O) groups is 1. The molecule has 1 heteroatoms.